The summed E-state index contributed by atoms with van der Waals surface area (Å²) in [6.45, 7) is 7.14. The van der Waals surface area contributed by atoms with Gasteiger partial charge in [0.25, 0.3) is 0 Å². The number of rotatable bonds is 8. The standard InChI is InChI=1S/C20H23N5O2S/c1-4-25-18(15-10-12-21-13-11-15)23-24-20(25)28-14(3)19(26)22-16-6-8-17(9-7-16)27-5-2/h6-14H,4-5H2,1-3H3,(H,22,26)/t14-/m0/s1. The molecule has 1 amide bonds. The minimum absolute atomic E-state index is 0.0923. The van der Waals surface area contributed by atoms with Crippen LogP contribution in [0.2, 0.25) is 0 Å². The van der Waals surface area contributed by atoms with Gasteiger partial charge in [-0.2, -0.15) is 0 Å². The molecule has 0 spiro atoms. The Morgan fingerprint density at radius 2 is 1.86 bits per heavy atom. The van der Waals surface area contributed by atoms with E-state index in [-0.39, 0.29) is 11.2 Å². The van der Waals surface area contributed by atoms with Crippen LogP contribution in [-0.2, 0) is 11.3 Å². The average Bonchev–Trinajstić information content (AvgIpc) is 3.12. The minimum Gasteiger partial charge on any atom is -0.494 e. The molecule has 0 saturated carbocycles. The number of thioether (sulfide) groups is 1. The van der Waals surface area contributed by atoms with E-state index in [1.807, 2.05) is 61.7 Å². The van der Waals surface area contributed by atoms with E-state index < -0.39 is 0 Å². The molecule has 0 unspecified atom stereocenters. The quantitative estimate of drug-likeness (QED) is 0.581. The van der Waals surface area contributed by atoms with Gasteiger partial charge >= 0.3 is 0 Å². The fourth-order valence-corrected chi connectivity index (χ4v) is 3.55. The number of ether oxygens (including phenoxy) is 1. The molecular formula is C20H23N5O2S. The second kappa shape index (κ2) is 9.36. The Hall–Kier alpha value is -2.87. The van der Waals surface area contributed by atoms with Crippen LogP contribution in [0.3, 0.4) is 0 Å². The first-order valence-corrected chi connectivity index (χ1v) is 10.0. The number of nitrogens with one attached hydrogen (secondary N) is 1. The molecule has 8 heteroatoms. The number of nitrogens with zero attached hydrogens (tertiary/aromatic N) is 4. The molecule has 146 valence electrons. The number of benzene rings is 1. The van der Waals surface area contributed by atoms with Crippen molar-refractivity contribution in [3.05, 3.63) is 48.8 Å². The van der Waals surface area contributed by atoms with Gasteiger partial charge in [0.15, 0.2) is 11.0 Å². The molecule has 0 aliphatic rings. The number of aromatic nitrogens is 4. The molecule has 0 saturated heterocycles. The third-order valence-electron chi connectivity index (χ3n) is 4.06. The molecule has 3 aromatic rings. The number of hydrogen-bond donors (Lipinski definition) is 1. The van der Waals surface area contributed by atoms with E-state index >= 15 is 0 Å². The number of pyridine rings is 1. The maximum Gasteiger partial charge on any atom is 0.237 e. The van der Waals surface area contributed by atoms with Crippen molar-refractivity contribution in [2.24, 2.45) is 0 Å². The van der Waals surface area contributed by atoms with Crippen molar-refractivity contribution in [2.45, 2.75) is 37.7 Å². The second-order valence-corrected chi connectivity index (χ2v) is 7.30. The third kappa shape index (κ3) is 4.69. The molecule has 0 aliphatic heterocycles. The Bertz CT molecular complexity index is 912. The number of amides is 1. The highest BCUT2D eigenvalue weighted by Gasteiger charge is 2.20. The summed E-state index contributed by atoms with van der Waals surface area (Å²) in [4.78, 5) is 16.6. The zero-order chi connectivity index (χ0) is 19.9. The molecule has 0 radical (unpaired) electrons. The summed E-state index contributed by atoms with van der Waals surface area (Å²) in [6, 6.07) is 11.1. The molecule has 2 heterocycles. The third-order valence-corrected chi connectivity index (χ3v) is 5.14. The summed E-state index contributed by atoms with van der Waals surface area (Å²) in [6.07, 6.45) is 3.45. The van der Waals surface area contributed by atoms with E-state index in [0.29, 0.717) is 18.3 Å². The zero-order valence-electron chi connectivity index (χ0n) is 16.1. The van der Waals surface area contributed by atoms with Gasteiger partial charge in [0, 0.05) is 30.2 Å². The first-order valence-electron chi connectivity index (χ1n) is 9.16. The smallest absolute Gasteiger partial charge is 0.237 e. The van der Waals surface area contributed by atoms with Gasteiger partial charge in [-0.25, -0.2) is 0 Å². The summed E-state index contributed by atoms with van der Waals surface area (Å²) in [5, 5.41) is 11.9. The second-order valence-electron chi connectivity index (χ2n) is 5.99. The summed E-state index contributed by atoms with van der Waals surface area (Å²) in [5.74, 6) is 1.46. The van der Waals surface area contributed by atoms with E-state index in [0.717, 1.165) is 22.8 Å². The van der Waals surface area contributed by atoms with Crippen LogP contribution in [0.4, 0.5) is 5.69 Å². The lowest BCUT2D eigenvalue weighted by Gasteiger charge is -2.13. The Balaban J connectivity index is 1.68. The summed E-state index contributed by atoms with van der Waals surface area (Å²) < 4.78 is 7.42. The average molecular weight is 398 g/mol. The molecule has 3 rings (SSSR count). The van der Waals surface area contributed by atoms with E-state index in [2.05, 4.69) is 20.5 Å². The van der Waals surface area contributed by atoms with Gasteiger partial charge in [-0.3, -0.25) is 9.78 Å². The lowest BCUT2D eigenvalue weighted by molar-refractivity contribution is -0.115. The van der Waals surface area contributed by atoms with Crippen molar-refractivity contribution >= 4 is 23.4 Å². The Morgan fingerprint density at radius 1 is 1.14 bits per heavy atom. The molecule has 2 aromatic heterocycles. The number of anilines is 1. The van der Waals surface area contributed by atoms with Crippen LogP contribution in [0.25, 0.3) is 11.4 Å². The molecular weight excluding hydrogens is 374 g/mol. The predicted octanol–water partition coefficient (Wildman–Crippen LogP) is 3.88. The first kappa shape index (κ1) is 19.9. The van der Waals surface area contributed by atoms with Gasteiger partial charge in [0.05, 0.1) is 11.9 Å². The van der Waals surface area contributed by atoms with Crippen LogP contribution in [0.15, 0.2) is 53.9 Å². The maximum atomic E-state index is 12.6. The van der Waals surface area contributed by atoms with Crippen molar-refractivity contribution < 1.29 is 9.53 Å². The molecule has 0 aliphatic carbocycles. The van der Waals surface area contributed by atoms with E-state index in [9.17, 15) is 4.79 Å². The van der Waals surface area contributed by atoms with Crippen LogP contribution < -0.4 is 10.1 Å². The SMILES string of the molecule is CCOc1ccc(NC(=O)[C@H](C)Sc2nnc(-c3ccncc3)n2CC)cc1. The summed E-state index contributed by atoms with van der Waals surface area (Å²) in [5.41, 5.74) is 1.68. The number of carbonyl (C=O) groups is 1. The van der Waals surface area contributed by atoms with Crippen molar-refractivity contribution in [2.75, 3.05) is 11.9 Å². The molecule has 0 fully saturated rings. The molecule has 0 bridgehead atoms. The van der Waals surface area contributed by atoms with Crippen molar-refractivity contribution in [1.82, 2.24) is 19.7 Å². The molecule has 1 aromatic carbocycles. The number of carbonyl (C=O) groups excluding carboxylic acids is 1. The highest BCUT2D eigenvalue weighted by molar-refractivity contribution is 8.00. The van der Waals surface area contributed by atoms with Crippen molar-refractivity contribution in [1.29, 1.82) is 0 Å². The van der Waals surface area contributed by atoms with Gasteiger partial charge in [0.1, 0.15) is 5.75 Å². The normalized spacial score (nSPS) is 11.8. The first-order chi connectivity index (χ1) is 13.6. The van der Waals surface area contributed by atoms with Crippen LogP contribution in [0.1, 0.15) is 20.8 Å². The van der Waals surface area contributed by atoms with Gasteiger partial charge < -0.3 is 14.6 Å². The van der Waals surface area contributed by atoms with Crippen LogP contribution in [0.5, 0.6) is 5.75 Å². The van der Waals surface area contributed by atoms with Gasteiger partial charge in [-0.1, -0.05) is 11.8 Å². The maximum absolute atomic E-state index is 12.6. The van der Waals surface area contributed by atoms with Crippen molar-refractivity contribution in [3.8, 4) is 17.1 Å². The van der Waals surface area contributed by atoms with Crippen LogP contribution in [-0.4, -0.2) is 37.5 Å². The van der Waals surface area contributed by atoms with Crippen molar-refractivity contribution in [3.63, 3.8) is 0 Å². The lowest BCUT2D eigenvalue weighted by Crippen LogP contribution is -2.22. The summed E-state index contributed by atoms with van der Waals surface area (Å²) >= 11 is 1.39. The van der Waals surface area contributed by atoms with Gasteiger partial charge in [-0.15, -0.1) is 10.2 Å². The predicted molar refractivity (Wildman–Crippen MR) is 110 cm³/mol. The lowest BCUT2D eigenvalue weighted by atomic mass is 10.2. The summed E-state index contributed by atoms with van der Waals surface area (Å²) in [7, 11) is 0. The zero-order valence-corrected chi connectivity index (χ0v) is 16.9. The molecule has 1 N–H and O–H groups in total. The Kier molecular flexibility index (Phi) is 6.65. The topological polar surface area (TPSA) is 81.9 Å². The van der Waals surface area contributed by atoms with Crippen LogP contribution >= 0.6 is 11.8 Å². The fourth-order valence-electron chi connectivity index (χ4n) is 2.63. The highest BCUT2D eigenvalue weighted by atomic mass is 32.2. The van der Waals surface area contributed by atoms with Gasteiger partial charge in [0.2, 0.25) is 5.91 Å². The van der Waals surface area contributed by atoms with Gasteiger partial charge in [-0.05, 0) is 57.2 Å². The van der Waals surface area contributed by atoms with E-state index in [4.69, 9.17) is 4.74 Å². The fraction of sp³-hybridized carbons (Fsp3) is 0.300. The monoisotopic (exact) mass is 397 g/mol. The Labute approximate surface area is 168 Å². The highest BCUT2D eigenvalue weighted by Crippen LogP contribution is 2.27. The largest absolute Gasteiger partial charge is 0.494 e. The van der Waals surface area contributed by atoms with Crippen LogP contribution in [0, 0.1) is 0 Å². The molecule has 1 atom stereocenters. The number of hydrogen-bond acceptors (Lipinski definition) is 6. The Morgan fingerprint density at radius 3 is 2.50 bits per heavy atom. The minimum atomic E-state index is -0.327. The molecule has 7 nitrogen and oxygen atoms in total. The van der Waals surface area contributed by atoms with E-state index in [1.165, 1.54) is 11.8 Å². The van der Waals surface area contributed by atoms with E-state index in [1.54, 1.807) is 12.4 Å². The molecule has 28 heavy (non-hydrogen) atoms.